The van der Waals surface area contributed by atoms with Gasteiger partial charge in [-0.1, -0.05) is 30.6 Å². The predicted octanol–water partition coefficient (Wildman–Crippen LogP) is 2.38. The zero-order valence-corrected chi connectivity index (χ0v) is 19.7. The van der Waals surface area contributed by atoms with Crippen LogP contribution >= 0.6 is 11.3 Å². The fraction of sp³-hybridized carbons (Fsp3) is 0.682. The highest BCUT2D eigenvalue weighted by atomic mass is 32.1. The number of hydrogen-bond acceptors (Lipinski definition) is 10. The summed E-state index contributed by atoms with van der Waals surface area (Å²) in [5.74, 6) is 0.821. The molecule has 2 aromatic rings. The SMILES string of the molecule is O=C(CC1CN(C2CCCCC2)CCO1)Nc1nnc(N[C@@H]2CCN(c3cccnn3)C2)s1. The van der Waals surface area contributed by atoms with Crippen molar-refractivity contribution >= 4 is 33.3 Å². The molecule has 2 N–H and O–H groups in total. The Balaban J connectivity index is 1.07. The van der Waals surface area contributed by atoms with Crippen LogP contribution in [0.3, 0.4) is 0 Å². The summed E-state index contributed by atoms with van der Waals surface area (Å²) in [5.41, 5.74) is 0. The highest BCUT2D eigenvalue weighted by molar-refractivity contribution is 7.19. The van der Waals surface area contributed by atoms with E-state index in [-0.39, 0.29) is 18.1 Å². The van der Waals surface area contributed by atoms with E-state index in [9.17, 15) is 4.79 Å². The Hall–Kier alpha value is -2.37. The second-order valence-electron chi connectivity index (χ2n) is 9.10. The average Bonchev–Trinajstić information content (AvgIpc) is 3.50. The monoisotopic (exact) mass is 472 g/mol. The van der Waals surface area contributed by atoms with E-state index in [4.69, 9.17) is 4.74 Å². The molecule has 0 radical (unpaired) electrons. The first-order chi connectivity index (χ1) is 16.2. The van der Waals surface area contributed by atoms with Gasteiger partial charge >= 0.3 is 0 Å². The maximum absolute atomic E-state index is 12.6. The van der Waals surface area contributed by atoms with E-state index in [1.807, 2.05) is 12.1 Å². The molecule has 2 saturated heterocycles. The molecule has 0 bridgehead atoms. The summed E-state index contributed by atoms with van der Waals surface area (Å²) in [6, 6.07) is 4.78. The maximum Gasteiger partial charge on any atom is 0.228 e. The van der Waals surface area contributed by atoms with Gasteiger partial charge in [-0.3, -0.25) is 9.69 Å². The van der Waals surface area contributed by atoms with Gasteiger partial charge in [0.2, 0.25) is 16.2 Å². The standard InChI is InChI=1S/C22H32N8O2S/c31-20(13-18-15-29(11-12-32-18)17-5-2-1-3-6-17)25-22-28-27-21(33-22)24-16-8-10-30(14-16)19-7-4-9-23-26-19/h4,7,9,16-18H,1-3,5-6,8,10-15H2,(H,24,27)(H,25,28,31)/t16-,18?/m1/s1. The molecule has 2 atom stereocenters. The van der Waals surface area contributed by atoms with Gasteiger partial charge in [-0.05, 0) is 31.4 Å². The minimum Gasteiger partial charge on any atom is -0.375 e. The molecule has 1 saturated carbocycles. The lowest BCUT2D eigenvalue weighted by atomic mass is 9.93. The number of hydrogen-bond donors (Lipinski definition) is 2. The third-order valence-corrected chi connectivity index (χ3v) is 7.51. The van der Waals surface area contributed by atoms with Gasteiger partial charge < -0.3 is 20.3 Å². The van der Waals surface area contributed by atoms with Crippen LogP contribution in [0.4, 0.5) is 16.1 Å². The lowest BCUT2D eigenvalue weighted by molar-refractivity contribution is -0.121. The third kappa shape index (κ3) is 5.96. The fourth-order valence-corrected chi connectivity index (χ4v) is 5.81. The fourth-order valence-electron chi connectivity index (χ4n) is 5.08. The van der Waals surface area contributed by atoms with Gasteiger partial charge in [-0.2, -0.15) is 5.10 Å². The number of aromatic nitrogens is 4. The van der Waals surface area contributed by atoms with E-state index in [1.54, 1.807) is 6.20 Å². The van der Waals surface area contributed by atoms with Crippen molar-refractivity contribution in [3.8, 4) is 0 Å². The first-order valence-electron chi connectivity index (χ1n) is 12.0. The number of nitrogens with zero attached hydrogens (tertiary/aromatic N) is 6. The van der Waals surface area contributed by atoms with E-state index in [1.165, 1.54) is 43.4 Å². The van der Waals surface area contributed by atoms with E-state index in [0.717, 1.165) is 38.4 Å². The minimum absolute atomic E-state index is 0.0586. The molecule has 3 fully saturated rings. The number of morpholine rings is 1. The third-order valence-electron chi connectivity index (χ3n) is 6.74. The van der Waals surface area contributed by atoms with Gasteiger partial charge in [0.25, 0.3) is 0 Å². The average molecular weight is 473 g/mol. The Morgan fingerprint density at radius 2 is 1.97 bits per heavy atom. The summed E-state index contributed by atoms with van der Waals surface area (Å²) >= 11 is 1.37. The molecule has 3 aliphatic rings. The Bertz CT molecular complexity index is 907. The molecule has 0 aromatic carbocycles. The van der Waals surface area contributed by atoms with Crippen LogP contribution in [0.15, 0.2) is 18.3 Å². The summed E-state index contributed by atoms with van der Waals surface area (Å²) < 4.78 is 5.89. The quantitative estimate of drug-likeness (QED) is 0.628. The van der Waals surface area contributed by atoms with Crippen LogP contribution in [0, 0.1) is 0 Å². The number of carbonyl (C=O) groups excluding carboxylic acids is 1. The summed E-state index contributed by atoms with van der Waals surface area (Å²) in [7, 11) is 0. The number of carbonyl (C=O) groups is 1. The van der Waals surface area contributed by atoms with E-state index >= 15 is 0 Å². The Morgan fingerprint density at radius 1 is 1.09 bits per heavy atom. The molecule has 1 unspecified atom stereocenters. The van der Waals surface area contributed by atoms with E-state index in [2.05, 4.69) is 40.8 Å². The van der Waals surface area contributed by atoms with Gasteiger partial charge in [0.15, 0.2) is 5.82 Å². The molecule has 4 heterocycles. The molecule has 1 amide bonds. The Labute approximate surface area is 198 Å². The highest BCUT2D eigenvalue weighted by Crippen LogP contribution is 2.26. The molecule has 33 heavy (non-hydrogen) atoms. The van der Waals surface area contributed by atoms with Crippen LogP contribution in [0.5, 0.6) is 0 Å². The van der Waals surface area contributed by atoms with Crippen molar-refractivity contribution in [2.45, 2.75) is 63.1 Å². The molecule has 5 rings (SSSR count). The van der Waals surface area contributed by atoms with Crippen LogP contribution in [0.1, 0.15) is 44.9 Å². The molecule has 1 aliphatic carbocycles. The number of anilines is 3. The first kappa shape index (κ1) is 22.4. The number of ether oxygens (including phenoxy) is 1. The zero-order valence-electron chi connectivity index (χ0n) is 18.9. The smallest absolute Gasteiger partial charge is 0.228 e. The summed E-state index contributed by atoms with van der Waals surface area (Å²) in [6.07, 6.45) is 9.49. The number of nitrogens with one attached hydrogen (secondary N) is 2. The van der Waals surface area contributed by atoms with Crippen molar-refractivity contribution in [2.24, 2.45) is 0 Å². The number of rotatable bonds is 7. The van der Waals surface area contributed by atoms with Crippen LogP contribution in [0.25, 0.3) is 0 Å². The molecule has 2 aliphatic heterocycles. The molecule has 0 spiro atoms. The second kappa shape index (κ2) is 10.7. The van der Waals surface area contributed by atoms with Crippen molar-refractivity contribution in [1.82, 2.24) is 25.3 Å². The summed E-state index contributed by atoms with van der Waals surface area (Å²) in [6.45, 7) is 4.26. The van der Waals surface area contributed by atoms with Gasteiger partial charge in [0.1, 0.15) is 0 Å². The topological polar surface area (TPSA) is 108 Å². The van der Waals surface area contributed by atoms with Gasteiger partial charge in [-0.15, -0.1) is 15.3 Å². The van der Waals surface area contributed by atoms with E-state index in [0.29, 0.717) is 29.3 Å². The Morgan fingerprint density at radius 3 is 2.82 bits per heavy atom. The lowest BCUT2D eigenvalue weighted by Crippen LogP contribution is -2.49. The van der Waals surface area contributed by atoms with Crippen molar-refractivity contribution in [3.63, 3.8) is 0 Å². The van der Waals surface area contributed by atoms with Crippen molar-refractivity contribution in [2.75, 3.05) is 48.3 Å². The molecule has 2 aromatic heterocycles. The van der Waals surface area contributed by atoms with Gasteiger partial charge in [-0.25, -0.2) is 0 Å². The molecule has 178 valence electrons. The van der Waals surface area contributed by atoms with Crippen LogP contribution in [-0.4, -0.2) is 82.2 Å². The minimum atomic E-state index is -0.0668. The first-order valence-corrected chi connectivity index (χ1v) is 12.8. The molecular weight excluding hydrogens is 440 g/mol. The highest BCUT2D eigenvalue weighted by Gasteiger charge is 2.29. The van der Waals surface area contributed by atoms with Crippen LogP contribution in [0.2, 0.25) is 0 Å². The zero-order chi connectivity index (χ0) is 22.5. The van der Waals surface area contributed by atoms with Crippen molar-refractivity contribution in [3.05, 3.63) is 18.3 Å². The largest absolute Gasteiger partial charge is 0.375 e. The summed E-state index contributed by atoms with van der Waals surface area (Å²) in [4.78, 5) is 17.3. The Kier molecular flexibility index (Phi) is 7.27. The predicted molar refractivity (Wildman–Crippen MR) is 128 cm³/mol. The van der Waals surface area contributed by atoms with Crippen molar-refractivity contribution in [1.29, 1.82) is 0 Å². The van der Waals surface area contributed by atoms with Crippen LogP contribution in [-0.2, 0) is 9.53 Å². The molecule has 11 heteroatoms. The van der Waals surface area contributed by atoms with Crippen molar-refractivity contribution < 1.29 is 9.53 Å². The number of amides is 1. The molecular formula is C22H32N8O2S. The summed E-state index contributed by atoms with van der Waals surface area (Å²) in [5, 5.41) is 24.1. The second-order valence-corrected chi connectivity index (χ2v) is 10.1. The van der Waals surface area contributed by atoms with E-state index < -0.39 is 0 Å². The lowest BCUT2D eigenvalue weighted by Gasteiger charge is -2.39. The maximum atomic E-state index is 12.6. The van der Waals surface area contributed by atoms with Gasteiger partial charge in [0.05, 0.1) is 19.1 Å². The van der Waals surface area contributed by atoms with Crippen LogP contribution < -0.4 is 15.5 Å². The normalized spacial score (nSPS) is 24.7. The van der Waals surface area contributed by atoms with Gasteiger partial charge in [0, 0.05) is 44.5 Å². The molecule has 10 nitrogen and oxygen atoms in total.